The van der Waals surface area contributed by atoms with Gasteiger partial charge in [-0.05, 0) is 66.6 Å². The molecule has 0 radical (unpaired) electrons. The molecular formula is C27H28N6O3. The molecule has 0 bridgehead atoms. The average molecular weight is 485 g/mol. The predicted octanol–water partition coefficient (Wildman–Crippen LogP) is 2.95. The molecule has 0 spiro atoms. The fourth-order valence-corrected chi connectivity index (χ4v) is 4.77. The number of nitrogens with two attached hydrogens (primary N) is 1. The minimum absolute atomic E-state index is 0.263. The van der Waals surface area contributed by atoms with Crippen LogP contribution in [-0.4, -0.2) is 45.8 Å². The molecule has 2 aromatic heterocycles. The van der Waals surface area contributed by atoms with Crippen LogP contribution in [0.15, 0.2) is 73.2 Å². The Hall–Kier alpha value is -4.27. The van der Waals surface area contributed by atoms with Crippen molar-refractivity contribution in [2.24, 2.45) is 11.8 Å². The zero-order chi connectivity index (χ0) is 25.2. The van der Waals surface area contributed by atoms with Gasteiger partial charge in [-0.2, -0.15) is 0 Å². The number of nitrogens with one attached hydrogen (secondary N) is 1. The van der Waals surface area contributed by atoms with Crippen LogP contribution in [0.5, 0.6) is 0 Å². The molecule has 3 heterocycles. The number of nitrogens with zero attached hydrogens (tertiary/aromatic N) is 4. The third-order valence-electron chi connectivity index (χ3n) is 6.88. The maximum Gasteiger partial charge on any atom is 0.325 e. The molecule has 2 fully saturated rings. The van der Waals surface area contributed by atoms with Crippen molar-refractivity contribution in [2.45, 2.75) is 31.3 Å². The number of hydrogen-bond acceptors (Lipinski definition) is 6. The van der Waals surface area contributed by atoms with Gasteiger partial charge in [-0.1, -0.05) is 24.3 Å². The molecule has 2 aliphatic rings. The van der Waals surface area contributed by atoms with Crippen LogP contribution in [0.25, 0.3) is 0 Å². The molecule has 36 heavy (non-hydrogen) atoms. The van der Waals surface area contributed by atoms with Crippen LogP contribution in [-0.2, 0) is 16.0 Å². The summed E-state index contributed by atoms with van der Waals surface area (Å²) in [6, 6.07) is 14.6. The standard InChI is InChI=1S/C27H28N6O3/c1-32(20-7-3-2-4-8-20)26(35)24-21(14-17-11-13-30-22(28)15-17)25(34)33(24)27(36)31-23(18-9-10-18)19-6-5-12-29-16-19/h2-8,11-13,15-16,18,21,23-24H,9-10,14H2,1H3,(H2,28,30)(H,31,36)/t21-,23-,24+/m1/s1. The number of β-lactam (4-membered cyclic amide) rings is 1. The van der Waals surface area contributed by atoms with E-state index < -0.39 is 18.0 Å². The maximum absolute atomic E-state index is 13.7. The first kappa shape index (κ1) is 23.5. The summed E-state index contributed by atoms with van der Waals surface area (Å²) < 4.78 is 0. The van der Waals surface area contributed by atoms with Crippen molar-refractivity contribution < 1.29 is 14.4 Å². The third kappa shape index (κ3) is 4.64. The number of benzene rings is 1. The third-order valence-corrected chi connectivity index (χ3v) is 6.88. The second-order valence-electron chi connectivity index (χ2n) is 9.34. The van der Waals surface area contributed by atoms with Gasteiger partial charge < -0.3 is 16.0 Å². The van der Waals surface area contributed by atoms with Gasteiger partial charge in [-0.15, -0.1) is 0 Å². The van der Waals surface area contributed by atoms with E-state index in [0.29, 0.717) is 11.5 Å². The highest BCUT2D eigenvalue weighted by Crippen LogP contribution is 2.41. The number of amides is 4. The number of para-hydroxylation sites is 1. The number of imide groups is 1. The monoisotopic (exact) mass is 484 g/mol. The smallest absolute Gasteiger partial charge is 0.325 e. The summed E-state index contributed by atoms with van der Waals surface area (Å²) in [6.07, 6.45) is 7.22. The van der Waals surface area contributed by atoms with Crippen LogP contribution in [0.2, 0.25) is 0 Å². The van der Waals surface area contributed by atoms with E-state index in [4.69, 9.17) is 5.73 Å². The number of likely N-dealkylation sites (tertiary alicyclic amines) is 1. The van der Waals surface area contributed by atoms with Gasteiger partial charge in [-0.25, -0.2) is 9.78 Å². The molecule has 5 rings (SSSR count). The van der Waals surface area contributed by atoms with E-state index in [1.165, 1.54) is 4.90 Å². The Bertz CT molecular complexity index is 1260. The van der Waals surface area contributed by atoms with Gasteiger partial charge in [0, 0.05) is 31.3 Å². The molecule has 4 amide bonds. The SMILES string of the molecule is CN(C(=O)[C@@H]1[C@@H](Cc2ccnc(N)c2)C(=O)N1C(=O)N[C@@H](c1cccnc1)C1CC1)c1ccccc1. The quantitative estimate of drug-likeness (QED) is 0.498. The summed E-state index contributed by atoms with van der Waals surface area (Å²) in [5, 5.41) is 3.01. The minimum Gasteiger partial charge on any atom is -0.384 e. The maximum atomic E-state index is 13.7. The Morgan fingerprint density at radius 1 is 1.14 bits per heavy atom. The van der Waals surface area contributed by atoms with Gasteiger partial charge >= 0.3 is 6.03 Å². The summed E-state index contributed by atoms with van der Waals surface area (Å²) in [7, 11) is 1.65. The van der Waals surface area contributed by atoms with Crippen molar-refractivity contribution >= 4 is 29.4 Å². The summed E-state index contributed by atoms with van der Waals surface area (Å²) in [6.45, 7) is 0. The highest BCUT2D eigenvalue weighted by molar-refractivity contribution is 6.12. The van der Waals surface area contributed by atoms with Gasteiger partial charge in [0.15, 0.2) is 0 Å². The lowest BCUT2D eigenvalue weighted by Crippen LogP contribution is -2.70. The van der Waals surface area contributed by atoms with E-state index in [2.05, 4.69) is 15.3 Å². The molecule has 3 N–H and O–H groups in total. The number of anilines is 2. The van der Waals surface area contributed by atoms with Crippen LogP contribution in [0.4, 0.5) is 16.3 Å². The Morgan fingerprint density at radius 3 is 2.58 bits per heavy atom. The zero-order valence-corrected chi connectivity index (χ0v) is 19.9. The molecular weight excluding hydrogens is 456 g/mol. The van der Waals surface area contributed by atoms with Crippen molar-refractivity contribution in [3.8, 4) is 0 Å². The van der Waals surface area contributed by atoms with Crippen molar-refractivity contribution in [2.75, 3.05) is 17.7 Å². The number of likely N-dealkylation sites (N-methyl/N-ethyl adjacent to an activating group) is 1. The van der Waals surface area contributed by atoms with E-state index in [9.17, 15) is 14.4 Å². The number of carbonyl (C=O) groups is 3. The molecule has 184 valence electrons. The summed E-state index contributed by atoms with van der Waals surface area (Å²) in [4.78, 5) is 51.2. The number of pyridine rings is 2. The van der Waals surface area contributed by atoms with Gasteiger partial charge in [0.2, 0.25) is 5.91 Å². The summed E-state index contributed by atoms with van der Waals surface area (Å²) >= 11 is 0. The Labute approximate surface area is 209 Å². The molecule has 1 aromatic carbocycles. The topological polar surface area (TPSA) is 122 Å². The molecule has 1 aliphatic carbocycles. The zero-order valence-electron chi connectivity index (χ0n) is 19.9. The molecule has 3 aromatic rings. The number of hydrogen-bond donors (Lipinski definition) is 2. The van der Waals surface area contributed by atoms with Crippen molar-refractivity contribution in [1.29, 1.82) is 0 Å². The van der Waals surface area contributed by atoms with Crippen molar-refractivity contribution in [3.63, 3.8) is 0 Å². The lowest BCUT2D eigenvalue weighted by molar-refractivity contribution is -0.156. The Morgan fingerprint density at radius 2 is 1.92 bits per heavy atom. The molecule has 1 saturated carbocycles. The number of aromatic nitrogens is 2. The first-order chi connectivity index (χ1) is 17.4. The van der Waals surface area contributed by atoms with Crippen LogP contribution in [0.3, 0.4) is 0 Å². The van der Waals surface area contributed by atoms with Gasteiger partial charge in [0.05, 0.1) is 12.0 Å². The number of rotatable bonds is 7. The summed E-state index contributed by atoms with van der Waals surface area (Å²) in [5.74, 6) is -0.780. The van der Waals surface area contributed by atoms with Crippen molar-refractivity contribution in [1.82, 2.24) is 20.2 Å². The normalized spacial score (nSPS) is 19.8. The number of urea groups is 1. The van der Waals surface area contributed by atoms with Gasteiger partial charge in [-0.3, -0.25) is 19.5 Å². The second kappa shape index (κ2) is 9.77. The summed E-state index contributed by atoms with van der Waals surface area (Å²) in [5.41, 5.74) is 8.17. The fourth-order valence-electron chi connectivity index (χ4n) is 4.77. The number of carbonyl (C=O) groups excluding carboxylic acids is 3. The van der Waals surface area contributed by atoms with E-state index in [1.54, 1.807) is 37.8 Å². The van der Waals surface area contributed by atoms with Crippen molar-refractivity contribution in [3.05, 3.63) is 84.3 Å². The molecule has 1 aliphatic heterocycles. The van der Waals surface area contributed by atoms with E-state index in [1.807, 2.05) is 42.5 Å². The van der Waals surface area contributed by atoms with E-state index >= 15 is 0 Å². The van der Waals surface area contributed by atoms with Gasteiger partial charge in [0.25, 0.3) is 5.91 Å². The largest absolute Gasteiger partial charge is 0.384 e. The molecule has 3 atom stereocenters. The Kier molecular flexibility index (Phi) is 6.37. The minimum atomic E-state index is -0.939. The van der Waals surface area contributed by atoms with Crippen LogP contribution < -0.4 is 16.0 Å². The van der Waals surface area contributed by atoms with E-state index in [0.717, 1.165) is 28.9 Å². The first-order valence-corrected chi connectivity index (χ1v) is 12.0. The highest BCUT2D eigenvalue weighted by Gasteiger charge is 2.55. The fraction of sp³-hybridized carbons (Fsp3) is 0.296. The van der Waals surface area contributed by atoms with E-state index in [-0.39, 0.29) is 30.2 Å². The lowest BCUT2D eigenvalue weighted by Gasteiger charge is -2.46. The predicted molar refractivity (Wildman–Crippen MR) is 135 cm³/mol. The molecule has 9 nitrogen and oxygen atoms in total. The lowest BCUT2D eigenvalue weighted by atomic mass is 9.81. The first-order valence-electron chi connectivity index (χ1n) is 12.0. The van der Waals surface area contributed by atoms with Crippen LogP contribution >= 0.6 is 0 Å². The average Bonchev–Trinajstić information content (AvgIpc) is 3.74. The molecule has 0 unspecified atom stereocenters. The van der Waals surface area contributed by atoms with Crippen LogP contribution in [0, 0.1) is 11.8 Å². The second-order valence-corrected chi connectivity index (χ2v) is 9.34. The highest BCUT2D eigenvalue weighted by atomic mass is 16.2. The Balaban J connectivity index is 1.41. The van der Waals surface area contributed by atoms with Crippen LogP contribution in [0.1, 0.15) is 30.0 Å². The number of nitrogen functional groups attached to an aromatic ring is 1. The molecule has 9 heteroatoms. The van der Waals surface area contributed by atoms with Gasteiger partial charge in [0.1, 0.15) is 11.9 Å². The molecule has 1 saturated heterocycles.